The van der Waals surface area contributed by atoms with E-state index in [-0.39, 0.29) is 40.9 Å². The molecule has 0 saturated carbocycles. The SMILES string of the molecule is OC[C@H]1O[C@@H](Oc2ccc(CCc3cc(O[C@@H]4O[C@H](CO)[C@@H](O)[C@H](O)[C@H]4O)cc4c3C(c3cc(O)cc(O)c3)C(c3ccc(O[C@@H]5O[C@H](CO)[C@@H](O)[C@H](O)[C@H]5O)cc3)O4)cc2)[C@H](O)[C@@H](O)[C@@H]1O. The van der Waals surface area contributed by atoms with Gasteiger partial charge in [0.15, 0.2) is 0 Å². The average molecular weight is 943 g/mol. The van der Waals surface area contributed by atoms with Crippen LogP contribution >= 0.6 is 0 Å². The maximum Gasteiger partial charge on any atom is 0.229 e. The largest absolute Gasteiger partial charge is 0.508 e. The molecule has 4 aromatic carbocycles. The van der Waals surface area contributed by atoms with Crippen LogP contribution in [0.2, 0.25) is 0 Å². The van der Waals surface area contributed by atoms with Crippen LogP contribution in [0.15, 0.2) is 78.9 Å². The summed E-state index contributed by atoms with van der Waals surface area (Å²) < 4.78 is 41.0. The number of benzene rings is 4. The van der Waals surface area contributed by atoms with Gasteiger partial charge >= 0.3 is 0 Å². The zero-order chi connectivity index (χ0) is 47.8. The van der Waals surface area contributed by atoms with Gasteiger partial charge in [-0.3, -0.25) is 0 Å². The van der Waals surface area contributed by atoms with Crippen molar-refractivity contribution in [3.8, 4) is 34.5 Å². The average Bonchev–Trinajstić information content (AvgIpc) is 3.71. The van der Waals surface area contributed by atoms with Gasteiger partial charge in [-0.1, -0.05) is 24.3 Å². The summed E-state index contributed by atoms with van der Waals surface area (Å²) in [6.07, 6.45) is -23.1. The highest BCUT2D eigenvalue weighted by molar-refractivity contribution is 5.58. The van der Waals surface area contributed by atoms with Crippen molar-refractivity contribution in [1.82, 2.24) is 0 Å². The molecule has 4 aliphatic rings. The predicted octanol–water partition coefficient (Wildman–Crippen LogP) is -2.32. The summed E-state index contributed by atoms with van der Waals surface area (Å²) in [5.41, 5.74) is 3.02. The first-order valence-electron chi connectivity index (χ1n) is 21.6. The summed E-state index contributed by atoms with van der Waals surface area (Å²) in [4.78, 5) is 0. The zero-order valence-electron chi connectivity index (χ0n) is 35.5. The fourth-order valence-corrected chi connectivity index (χ4v) is 8.78. The molecule has 0 amide bonds. The third kappa shape index (κ3) is 9.99. The van der Waals surface area contributed by atoms with Gasteiger partial charge in [-0.15, -0.1) is 0 Å². The van der Waals surface area contributed by atoms with Crippen molar-refractivity contribution in [2.75, 3.05) is 19.8 Å². The topological polar surface area (TPSA) is 348 Å². The fourth-order valence-electron chi connectivity index (χ4n) is 8.78. The van der Waals surface area contributed by atoms with Crippen molar-refractivity contribution in [2.45, 2.75) is 117 Å². The van der Waals surface area contributed by atoms with E-state index in [1.54, 1.807) is 54.6 Å². The monoisotopic (exact) mass is 942 g/mol. The second kappa shape index (κ2) is 20.4. The number of phenols is 2. The molecule has 3 saturated heterocycles. The molecule has 4 heterocycles. The van der Waals surface area contributed by atoms with Crippen LogP contribution in [0.3, 0.4) is 0 Å². The molecule has 8 rings (SSSR count). The molecule has 0 aromatic heterocycles. The van der Waals surface area contributed by atoms with E-state index < -0.39 is 124 Å². The number of aromatic hydroxyl groups is 2. The summed E-state index contributed by atoms with van der Waals surface area (Å²) >= 11 is 0. The number of hydrogen-bond acceptors (Lipinski definition) is 21. The normalized spacial score (nSPS) is 35.1. The molecule has 0 bridgehead atoms. The molecule has 21 nitrogen and oxygen atoms in total. The van der Waals surface area contributed by atoms with Gasteiger partial charge in [0.2, 0.25) is 18.9 Å². The third-order valence-electron chi connectivity index (χ3n) is 12.5. The van der Waals surface area contributed by atoms with E-state index in [0.717, 1.165) is 5.56 Å². The number of aliphatic hydroxyl groups is 12. The van der Waals surface area contributed by atoms with Crippen LogP contribution in [-0.4, -0.2) is 183 Å². The first-order valence-corrected chi connectivity index (χ1v) is 21.6. The number of fused-ring (bicyclic) bond motifs is 1. The van der Waals surface area contributed by atoms with Crippen LogP contribution in [0.1, 0.15) is 39.8 Å². The quantitative estimate of drug-likeness (QED) is 0.0631. The molecule has 14 N–H and O–H groups in total. The number of ether oxygens (including phenoxy) is 7. The number of aliphatic hydroxyl groups excluding tert-OH is 12. The molecule has 17 atom stereocenters. The molecule has 67 heavy (non-hydrogen) atoms. The molecule has 0 radical (unpaired) electrons. The Morgan fingerprint density at radius 1 is 0.433 bits per heavy atom. The Kier molecular flexibility index (Phi) is 14.7. The molecule has 364 valence electrons. The smallest absolute Gasteiger partial charge is 0.229 e. The van der Waals surface area contributed by atoms with Crippen LogP contribution in [-0.2, 0) is 27.1 Å². The van der Waals surface area contributed by atoms with Crippen molar-refractivity contribution >= 4 is 0 Å². The Morgan fingerprint density at radius 2 is 0.866 bits per heavy atom. The van der Waals surface area contributed by atoms with Crippen LogP contribution in [0.4, 0.5) is 0 Å². The van der Waals surface area contributed by atoms with Crippen LogP contribution < -0.4 is 18.9 Å². The first-order chi connectivity index (χ1) is 32.1. The van der Waals surface area contributed by atoms with E-state index in [2.05, 4.69) is 0 Å². The Bertz CT molecular complexity index is 2260. The highest BCUT2D eigenvalue weighted by Gasteiger charge is 2.48. The molecule has 0 aliphatic carbocycles. The van der Waals surface area contributed by atoms with E-state index in [1.165, 1.54) is 24.3 Å². The van der Waals surface area contributed by atoms with Gasteiger partial charge in [-0.2, -0.15) is 0 Å². The third-order valence-corrected chi connectivity index (χ3v) is 12.5. The Balaban J connectivity index is 1.11. The maximum absolute atomic E-state index is 10.9. The number of rotatable bonds is 14. The Labute approximate surface area is 382 Å². The molecule has 21 heteroatoms. The minimum Gasteiger partial charge on any atom is -0.508 e. The van der Waals surface area contributed by atoms with E-state index >= 15 is 0 Å². The Morgan fingerprint density at radius 3 is 1.31 bits per heavy atom. The van der Waals surface area contributed by atoms with Crippen LogP contribution in [0.25, 0.3) is 0 Å². The second-order valence-electron chi connectivity index (χ2n) is 17.0. The van der Waals surface area contributed by atoms with Crippen LogP contribution in [0.5, 0.6) is 34.5 Å². The molecule has 4 aromatic rings. The van der Waals surface area contributed by atoms with Gasteiger partial charge in [0, 0.05) is 17.7 Å². The summed E-state index contributed by atoms with van der Waals surface area (Å²) in [7, 11) is 0. The summed E-state index contributed by atoms with van der Waals surface area (Å²) in [5, 5.41) is 144. The lowest BCUT2D eigenvalue weighted by Crippen LogP contribution is -2.60. The standard InChI is InChI=1S/C46H54O21/c47-16-29-34(52)37(55)40(58)44(65-29)61-25-7-2-19(3-8-25)1-4-21-13-27(63-46-42(60)39(57)36(54)31(18-49)67-46)15-28-32(21)33(22-11-23(50)14-24(51)12-22)43(64-28)20-5-9-26(10-6-20)62-45-41(59)38(56)35(53)30(17-48)66-45/h2-3,5-15,29-31,33-60H,1,4,16-18H2/t29-,30-,31-,33?,34-,35-,36-,37+,38+,39+,40-,41-,42-,43?,44-,45-,46-/m1/s1. The minimum absolute atomic E-state index is 0.0998. The van der Waals surface area contributed by atoms with Gasteiger partial charge in [0.05, 0.1) is 25.7 Å². The predicted molar refractivity (Wildman–Crippen MR) is 225 cm³/mol. The van der Waals surface area contributed by atoms with E-state index in [1.807, 2.05) is 0 Å². The van der Waals surface area contributed by atoms with Gasteiger partial charge in [-0.05, 0) is 77.6 Å². The zero-order valence-corrected chi connectivity index (χ0v) is 35.5. The highest BCUT2D eigenvalue weighted by atomic mass is 16.7. The van der Waals surface area contributed by atoms with Crippen molar-refractivity contribution in [3.63, 3.8) is 0 Å². The molecular formula is C46H54O21. The number of phenolic OH excluding ortho intramolecular Hbond substituents is 2. The van der Waals surface area contributed by atoms with E-state index in [4.69, 9.17) is 33.2 Å². The molecular weight excluding hydrogens is 888 g/mol. The van der Waals surface area contributed by atoms with Crippen molar-refractivity contribution in [2.24, 2.45) is 0 Å². The van der Waals surface area contributed by atoms with Gasteiger partial charge in [-0.25, -0.2) is 0 Å². The van der Waals surface area contributed by atoms with Crippen LogP contribution in [0, 0.1) is 0 Å². The fraction of sp³-hybridized carbons (Fsp3) is 0.478. The lowest BCUT2D eigenvalue weighted by Gasteiger charge is -2.39. The summed E-state index contributed by atoms with van der Waals surface area (Å²) in [5.74, 6) is -0.399. The summed E-state index contributed by atoms with van der Waals surface area (Å²) in [6.45, 7) is -1.97. The van der Waals surface area contributed by atoms with Crippen molar-refractivity contribution in [1.29, 1.82) is 0 Å². The highest BCUT2D eigenvalue weighted by Crippen LogP contribution is 2.53. The lowest BCUT2D eigenvalue weighted by molar-refractivity contribution is -0.277. The minimum atomic E-state index is -1.74. The Hall–Kier alpha value is -4.92. The maximum atomic E-state index is 10.9. The first kappa shape index (κ1) is 48.5. The molecule has 2 unspecified atom stereocenters. The second-order valence-corrected chi connectivity index (χ2v) is 17.0. The van der Waals surface area contributed by atoms with E-state index in [0.29, 0.717) is 28.7 Å². The van der Waals surface area contributed by atoms with Gasteiger partial charge in [0.25, 0.3) is 0 Å². The summed E-state index contributed by atoms with van der Waals surface area (Å²) in [6, 6.07) is 20.4. The molecule has 0 spiro atoms. The number of hydrogen-bond donors (Lipinski definition) is 14. The lowest BCUT2D eigenvalue weighted by atomic mass is 9.81. The van der Waals surface area contributed by atoms with Gasteiger partial charge in [0.1, 0.15) is 114 Å². The van der Waals surface area contributed by atoms with Crippen molar-refractivity contribution < 1.29 is 105 Å². The molecule has 3 fully saturated rings. The van der Waals surface area contributed by atoms with Crippen molar-refractivity contribution in [3.05, 3.63) is 107 Å². The number of aryl methyl sites for hydroxylation is 2. The van der Waals surface area contributed by atoms with Gasteiger partial charge < -0.3 is 105 Å². The molecule has 4 aliphatic heterocycles. The van der Waals surface area contributed by atoms with E-state index in [9.17, 15) is 71.5 Å².